The van der Waals surface area contributed by atoms with Crippen molar-refractivity contribution in [1.29, 1.82) is 0 Å². The van der Waals surface area contributed by atoms with E-state index in [4.69, 9.17) is 4.74 Å². The summed E-state index contributed by atoms with van der Waals surface area (Å²) in [7, 11) is -3.32. The Kier molecular flexibility index (Phi) is 6.04. The number of nitrogens with one attached hydrogen (secondary N) is 2. The highest BCUT2D eigenvalue weighted by Crippen LogP contribution is 2.31. The number of amides is 4. The van der Waals surface area contributed by atoms with Gasteiger partial charge in [0.2, 0.25) is 0 Å². The lowest BCUT2D eigenvalue weighted by atomic mass is 10.1. The molecule has 0 aliphatic carbocycles. The van der Waals surface area contributed by atoms with Crippen molar-refractivity contribution < 1.29 is 27.5 Å². The number of hydrogen-bond donors (Lipinski definition) is 2. The van der Waals surface area contributed by atoms with Gasteiger partial charge in [0, 0.05) is 19.3 Å². The van der Waals surface area contributed by atoms with Gasteiger partial charge in [-0.1, -0.05) is 29.5 Å². The first-order chi connectivity index (χ1) is 15.9. The molecule has 4 rings (SSSR count). The summed E-state index contributed by atoms with van der Waals surface area (Å²) < 4.78 is 29.5. The van der Waals surface area contributed by atoms with E-state index in [1.165, 1.54) is 25.2 Å². The standard InChI is InChI=1S/C22H22N4O6S2/c1-22(2)18(27)26(21(29)32-22)10-9-23-19(28)25-20-24-16-8-7-14(12-17(16)33-20)13-5-4-6-15(11-13)34(3,30)31/h4-8,11-12H,9-10H2,1-3H3,(H2,23,24,25,28). The van der Waals surface area contributed by atoms with Crippen molar-refractivity contribution in [3.63, 3.8) is 0 Å². The molecule has 1 aliphatic heterocycles. The Morgan fingerprint density at radius 1 is 1.15 bits per heavy atom. The van der Waals surface area contributed by atoms with Crippen molar-refractivity contribution in [1.82, 2.24) is 15.2 Å². The van der Waals surface area contributed by atoms with Crippen LogP contribution in [0.1, 0.15) is 13.8 Å². The summed E-state index contributed by atoms with van der Waals surface area (Å²) in [5, 5.41) is 5.60. The quantitative estimate of drug-likeness (QED) is 0.528. The number of fused-ring (bicyclic) bond motifs is 1. The van der Waals surface area contributed by atoms with Crippen LogP contribution in [0.4, 0.5) is 14.7 Å². The van der Waals surface area contributed by atoms with Crippen molar-refractivity contribution in [2.45, 2.75) is 24.3 Å². The number of ether oxygens (including phenoxy) is 1. The number of sulfone groups is 1. The number of cyclic esters (lactones) is 1. The lowest BCUT2D eigenvalue weighted by molar-refractivity contribution is -0.134. The molecule has 0 spiro atoms. The highest BCUT2D eigenvalue weighted by molar-refractivity contribution is 7.90. The Balaban J connectivity index is 1.40. The van der Waals surface area contributed by atoms with Gasteiger partial charge in [0.05, 0.1) is 15.1 Å². The van der Waals surface area contributed by atoms with Crippen molar-refractivity contribution in [2.24, 2.45) is 0 Å². The van der Waals surface area contributed by atoms with Gasteiger partial charge in [0.1, 0.15) is 0 Å². The number of nitrogens with zero attached hydrogens (tertiary/aromatic N) is 2. The van der Waals surface area contributed by atoms with Gasteiger partial charge in [-0.2, -0.15) is 0 Å². The van der Waals surface area contributed by atoms with Crippen LogP contribution in [0.2, 0.25) is 0 Å². The van der Waals surface area contributed by atoms with E-state index in [2.05, 4.69) is 15.6 Å². The van der Waals surface area contributed by atoms with E-state index in [-0.39, 0.29) is 18.0 Å². The zero-order chi connectivity index (χ0) is 24.7. The minimum Gasteiger partial charge on any atom is -0.433 e. The average Bonchev–Trinajstić information content (AvgIpc) is 3.24. The molecule has 0 atom stereocenters. The summed E-state index contributed by atoms with van der Waals surface area (Å²) in [5.41, 5.74) is 1.05. The van der Waals surface area contributed by atoms with Gasteiger partial charge in [0.25, 0.3) is 5.91 Å². The van der Waals surface area contributed by atoms with E-state index in [1.807, 2.05) is 18.2 Å². The third-order valence-corrected chi connectivity index (χ3v) is 7.19. The third kappa shape index (κ3) is 4.87. The van der Waals surface area contributed by atoms with Crippen LogP contribution in [0, 0.1) is 0 Å². The molecule has 0 radical (unpaired) electrons. The van der Waals surface area contributed by atoms with Gasteiger partial charge in [-0.05, 0) is 49.2 Å². The molecule has 12 heteroatoms. The zero-order valence-corrected chi connectivity index (χ0v) is 20.2. The van der Waals surface area contributed by atoms with Gasteiger partial charge in [0.15, 0.2) is 20.6 Å². The predicted molar refractivity (Wildman–Crippen MR) is 127 cm³/mol. The number of thiazole rings is 1. The number of urea groups is 1. The first-order valence-electron chi connectivity index (χ1n) is 10.2. The fraction of sp³-hybridized carbons (Fsp3) is 0.273. The number of rotatable bonds is 6. The number of aromatic nitrogens is 1. The van der Waals surface area contributed by atoms with Crippen LogP contribution < -0.4 is 10.6 Å². The van der Waals surface area contributed by atoms with Crippen LogP contribution in [0.25, 0.3) is 21.3 Å². The van der Waals surface area contributed by atoms with E-state index < -0.39 is 33.5 Å². The van der Waals surface area contributed by atoms with Crippen molar-refractivity contribution in [2.75, 3.05) is 24.7 Å². The Labute approximate surface area is 199 Å². The van der Waals surface area contributed by atoms with E-state index in [0.29, 0.717) is 10.6 Å². The van der Waals surface area contributed by atoms with Crippen molar-refractivity contribution >= 4 is 54.6 Å². The lowest BCUT2D eigenvalue weighted by Crippen LogP contribution is -2.41. The van der Waals surface area contributed by atoms with Crippen LogP contribution in [-0.2, 0) is 19.4 Å². The highest BCUT2D eigenvalue weighted by Gasteiger charge is 2.46. The molecule has 34 heavy (non-hydrogen) atoms. The molecule has 2 N–H and O–H groups in total. The molecule has 3 aromatic rings. The first kappa shape index (κ1) is 23.6. The van der Waals surface area contributed by atoms with Crippen LogP contribution in [-0.4, -0.2) is 61.3 Å². The third-order valence-electron chi connectivity index (χ3n) is 5.15. The van der Waals surface area contributed by atoms with Crippen LogP contribution in [0.3, 0.4) is 0 Å². The van der Waals surface area contributed by atoms with E-state index in [0.717, 1.165) is 27.0 Å². The molecule has 0 saturated carbocycles. The first-order valence-corrected chi connectivity index (χ1v) is 13.0. The van der Waals surface area contributed by atoms with Crippen LogP contribution in [0.5, 0.6) is 0 Å². The number of hydrogen-bond acceptors (Lipinski definition) is 8. The van der Waals surface area contributed by atoms with Gasteiger partial charge < -0.3 is 10.1 Å². The number of carbonyl (C=O) groups excluding carboxylic acids is 3. The Morgan fingerprint density at radius 2 is 1.88 bits per heavy atom. The van der Waals surface area contributed by atoms with Gasteiger partial charge in [-0.15, -0.1) is 0 Å². The summed E-state index contributed by atoms with van der Waals surface area (Å²) >= 11 is 1.26. The summed E-state index contributed by atoms with van der Waals surface area (Å²) in [5.74, 6) is -0.455. The monoisotopic (exact) mass is 502 g/mol. The largest absolute Gasteiger partial charge is 0.433 e. The molecule has 0 unspecified atom stereocenters. The molecule has 10 nitrogen and oxygen atoms in total. The van der Waals surface area contributed by atoms with Crippen LogP contribution >= 0.6 is 11.3 Å². The Morgan fingerprint density at radius 3 is 2.56 bits per heavy atom. The second kappa shape index (κ2) is 8.69. The maximum absolute atomic E-state index is 12.2. The van der Waals surface area contributed by atoms with Gasteiger partial charge in [-0.25, -0.2) is 27.9 Å². The summed E-state index contributed by atoms with van der Waals surface area (Å²) in [6, 6.07) is 11.7. The molecular formula is C22H22N4O6S2. The van der Waals surface area contributed by atoms with E-state index >= 15 is 0 Å². The van der Waals surface area contributed by atoms with Gasteiger partial charge >= 0.3 is 12.1 Å². The topological polar surface area (TPSA) is 135 Å². The molecular weight excluding hydrogens is 480 g/mol. The molecule has 1 aliphatic rings. The molecule has 1 saturated heterocycles. The molecule has 2 heterocycles. The Bertz CT molecular complexity index is 1410. The normalized spacial score (nSPS) is 15.4. The van der Waals surface area contributed by atoms with Crippen molar-refractivity contribution in [3.05, 3.63) is 42.5 Å². The molecule has 1 fully saturated rings. The van der Waals surface area contributed by atoms with Crippen molar-refractivity contribution in [3.8, 4) is 11.1 Å². The molecule has 4 amide bonds. The van der Waals surface area contributed by atoms with Gasteiger partial charge in [-0.3, -0.25) is 10.1 Å². The summed E-state index contributed by atoms with van der Waals surface area (Å²) in [4.78, 5) is 41.7. The molecule has 2 aromatic carbocycles. The Hall–Kier alpha value is -3.51. The molecule has 1 aromatic heterocycles. The number of imide groups is 1. The fourth-order valence-corrected chi connectivity index (χ4v) is 4.97. The molecule has 178 valence electrons. The zero-order valence-electron chi connectivity index (χ0n) is 18.6. The second-order valence-corrected chi connectivity index (χ2v) is 11.3. The lowest BCUT2D eigenvalue weighted by Gasteiger charge is -2.14. The predicted octanol–water partition coefficient (Wildman–Crippen LogP) is 3.25. The number of anilines is 1. The summed E-state index contributed by atoms with van der Waals surface area (Å²) in [6.07, 6.45) is 0.429. The highest BCUT2D eigenvalue weighted by atomic mass is 32.2. The SMILES string of the molecule is CC1(C)OC(=O)N(CCNC(=O)Nc2nc3ccc(-c4cccc(S(C)(=O)=O)c4)cc3s2)C1=O. The fourth-order valence-electron chi connectivity index (χ4n) is 3.40. The average molecular weight is 503 g/mol. The maximum atomic E-state index is 12.2. The minimum absolute atomic E-state index is 0.00966. The number of benzene rings is 2. The summed E-state index contributed by atoms with van der Waals surface area (Å²) in [6.45, 7) is 3.06. The minimum atomic E-state index is -3.32. The smallest absolute Gasteiger partial charge is 0.417 e. The number of carbonyl (C=O) groups is 3. The van der Waals surface area contributed by atoms with Crippen LogP contribution in [0.15, 0.2) is 47.4 Å². The molecule has 0 bridgehead atoms. The van der Waals surface area contributed by atoms with E-state index in [9.17, 15) is 22.8 Å². The maximum Gasteiger partial charge on any atom is 0.417 e. The second-order valence-electron chi connectivity index (χ2n) is 8.22. The van der Waals surface area contributed by atoms with E-state index in [1.54, 1.807) is 24.3 Å².